The van der Waals surface area contributed by atoms with E-state index in [2.05, 4.69) is 27.1 Å². The molecule has 2 amide bonds. The van der Waals surface area contributed by atoms with Crippen LogP contribution in [0.3, 0.4) is 0 Å². The Balaban J connectivity index is 1.49. The van der Waals surface area contributed by atoms with Crippen molar-refractivity contribution in [3.63, 3.8) is 0 Å². The summed E-state index contributed by atoms with van der Waals surface area (Å²) in [5.74, 6) is -1.83. The minimum absolute atomic E-state index is 0.0967. The largest absolute Gasteiger partial charge is 0.354 e. The molecule has 132 valence electrons. The zero-order chi connectivity index (χ0) is 17.2. The quantitative estimate of drug-likeness (QED) is 0.904. The van der Waals surface area contributed by atoms with Crippen LogP contribution in [-0.4, -0.2) is 73.1 Å². The Morgan fingerprint density at radius 2 is 2.00 bits per heavy atom. The molecule has 0 radical (unpaired) electrons. The van der Waals surface area contributed by atoms with Crippen LogP contribution in [0.25, 0.3) is 0 Å². The number of piperazine rings is 1. The number of alkyl halides is 2. The van der Waals surface area contributed by atoms with Crippen LogP contribution in [-0.2, 0) is 6.54 Å². The third kappa shape index (κ3) is 4.11. The standard InChI is InChI=1S/C16H23F2N5O/c1-21-6-8-22(9-7-21)14-3-2-13(10-19-14)11-20-15(24)23-5-4-16(17,18)12-23/h2-3,10H,4-9,11-12H2,1H3,(H,20,24). The van der Waals surface area contributed by atoms with Crippen LogP contribution in [0.2, 0.25) is 0 Å². The van der Waals surface area contributed by atoms with Gasteiger partial charge in [0.05, 0.1) is 6.54 Å². The number of amides is 2. The molecule has 8 heteroatoms. The Hall–Kier alpha value is -1.96. The topological polar surface area (TPSA) is 51.7 Å². The van der Waals surface area contributed by atoms with Gasteiger partial charge in [-0.1, -0.05) is 6.07 Å². The molecule has 2 saturated heterocycles. The smallest absolute Gasteiger partial charge is 0.317 e. The van der Waals surface area contributed by atoms with Crippen molar-refractivity contribution in [3.8, 4) is 0 Å². The van der Waals surface area contributed by atoms with Gasteiger partial charge >= 0.3 is 6.03 Å². The summed E-state index contributed by atoms with van der Waals surface area (Å²) < 4.78 is 26.2. The van der Waals surface area contributed by atoms with Crippen LogP contribution in [0.1, 0.15) is 12.0 Å². The highest BCUT2D eigenvalue weighted by molar-refractivity contribution is 5.74. The maximum Gasteiger partial charge on any atom is 0.317 e. The fourth-order valence-electron chi connectivity index (χ4n) is 2.94. The Morgan fingerprint density at radius 1 is 1.25 bits per heavy atom. The van der Waals surface area contributed by atoms with Crippen molar-refractivity contribution < 1.29 is 13.6 Å². The molecule has 1 N–H and O–H groups in total. The monoisotopic (exact) mass is 339 g/mol. The van der Waals surface area contributed by atoms with Gasteiger partial charge in [-0.05, 0) is 18.7 Å². The number of nitrogens with zero attached hydrogens (tertiary/aromatic N) is 4. The van der Waals surface area contributed by atoms with E-state index in [-0.39, 0.29) is 19.5 Å². The maximum absolute atomic E-state index is 13.1. The molecule has 0 bridgehead atoms. The summed E-state index contributed by atoms with van der Waals surface area (Å²) in [7, 11) is 2.10. The third-order valence-corrected chi connectivity index (χ3v) is 4.54. The van der Waals surface area contributed by atoms with Gasteiger partial charge in [-0.15, -0.1) is 0 Å². The minimum Gasteiger partial charge on any atom is -0.354 e. The summed E-state index contributed by atoms with van der Waals surface area (Å²) in [6, 6.07) is 3.41. The molecule has 0 atom stereocenters. The van der Waals surface area contributed by atoms with Gasteiger partial charge in [0.2, 0.25) is 0 Å². The molecule has 0 spiro atoms. The fraction of sp³-hybridized carbons (Fsp3) is 0.625. The molecule has 0 aromatic carbocycles. The minimum atomic E-state index is -2.76. The van der Waals surface area contributed by atoms with Crippen LogP contribution in [0, 0.1) is 0 Å². The zero-order valence-electron chi connectivity index (χ0n) is 13.8. The van der Waals surface area contributed by atoms with Crippen LogP contribution in [0.15, 0.2) is 18.3 Å². The predicted octanol–water partition coefficient (Wildman–Crippen LogP) is 1.38. The predicted molar refractivity (Wildman–Crippen MR) is 87.3 cm³/mol. The molecule has 0 unspecified atom stereocenters. The number of carbonyl (C=O) groups excluding carboxylic acids is 1. The van der Waals surface area contributed by atoms with E-state index in [1.165, 1.54) is 0 Å². The molecule has 2 aliphatic heterocycles. The van der Waals surface area contributed by atoms with E-state index in [1.807, 2.05) is 12.1 Å². The number of halogens is 2. The van der Waals surface area contributed by atoms with Crippen LogP contribution in [0.4, 0.5) is 19.4 Å². The molecule has 0 aliphatic carbocycles. The van der Waals surface area contributed by atoms with Gasteiger partial charge in [0.15, 0.2) is 0 Å². The SMILES string of the molecule is CN1CCN(c2ccc(CNC(=O)N3CCC(F)(F)C3)cn2)CC1. The van der Waals surface area contributed by atoms with Gasteiger partial charge in [-0.25, -0.2) is 18.6 Å². The summed E-state index contributed by atoms with van der Waals surface area (Å²) in [6.45, 7) is 3.81. The first-order valence-electron chi connectivity index (χ1n) is 8.22. The summed E-state index contributed by atoms with van der Waals surface area (Å²) in [4.78, 5) is 22.0. The molecule has 1 aromatic heterocycles. The molecular formula is C16H23F2N5O. The highest BCUT2D eigenvalue weighted by atomic mass is 19.3. The van der Waals surface area contributed by atoms with Crippen molar-refractivity contribution in [2.75, 3.05) is 51.2 Å². The molecule has 3 heterocycles. The average Bonchev–Trinajstić information content (AvgIpc) is 2.94. The van der Waals surface area contributed by atoms with Gasteiger partial charge < -0.3 is 20.0 Å². The van der Waals surface area contributed by atoms with Gasteiger partial charge in [-0.3, -0.25) is 0 Å². The van der Waals surface area contributed by atoms with E-state index < -0.39 is 18.5 Å². The number of nitrogens with one attached hydrogen (secondary N) is 1. The van der Waals surface area contributed by atoms with Gasteiger partial charge in [0, 0.05) is 51.9 Å². The lowest BCUT2D eigenvalue weighted by Crippen LogP contribution is -2.44. The summed E-state index contributed by atoms with van der Waals surface area (Å²) in [5, 5.41) is 2.68. The van der Waals surface area contributed by atoms with Crippen LogP contribution >= 0.6 is 0 Å². The molecule has 24 heavy (non-hydrogen) atoms. The summed E-state index contributed by atoms with van der Waals surface area (Å²) in [6.07, 6.45) is 1.47. The van der Waals surface area contributed by atoms with Crippen LogP contribution < -0.4 is 10.2 Å². The number of likely N-dealkylation sites (N-methyl/N-ethyl adjacent to an activating group) is 1. The molecule has 6 nitrogen and oxygen atoms in total. The highest BCUT2D eigenvalue weighted by Crippen LogP contribution is 2.26. The molecule has 2 aliphatic rings. The number of carbonyl (C=O) groups is 1. The lowest BCUT2D eigenvalue weighted by molar-refractivity contribution is 0.0153. The number of pyridine rings is 1. The van der Waals surface area contributed by atoms with E-state index in [1.54, 1.807) is 6.20 Å². The fourth-order valence-corrected chi connectivity index (χ4v) is 2.94. The Labute approximate surface area is 140 Å². The number of rotatable bonds is 3. The number of hydrogen-bond acceptors (Lipinski definition) is 4. The number of hydrogen-bond donors (Lipinski definition) is 1. The lowest BCUT2D eigenvalue weighted by Gasteiger charge is -2.33. The summed E-state index contributed by atoms with van der Waals surface area (Å²) >= 11 is 0. The molecule has 1 aromatic rings. The van der Waals surface area contributed by atoms with E-state index in [0.29, 0.717) is 0 Å². The third-order valence-electron chi connectivity index (χ3n) is 4.54. The number of aromatic nitrogens is 1. The Bertz CT molecular complexity index is 572. The highest BCUT2D eigenvalue weighted by Gasteiger charge is 2.40. The Kier molecular flexibility index (Phi) is 4.84. The number of anilines is 1. The second-order valence-corrected chi connectivity index (χ2v) is 6.50. The average molecular weight is 339 g/mol. The van der Waals surface area contributed by atoms with E-state index in [0.717, 1.165) is 42.5 Å². The normalized spacial score (nSPS) is 21.1. The molecule has 3 rings (SSSR count). The molecule has 0 saturated carbocycles. The summed E-state index contributed by atoms with van der Waals surface area (Å²) in [5.41, 5.74) is 0.854. The van der Waals surface area contributed by atoms with Gasteiger partial charge in [-0.2, -0.15) is 0 Å². The van der Waals surface area contributed by atoms with Crippen molar-refractivity contribution in [2.45, 2.75) is 18.9 Å². The zero-order valence-corrected chi connectivity index (χ0v) is 13.8. The van der Waals surface area contributed by atoms with Crippen LogP contribution in [0.5, 0.6) is 0 Å². The van der Waals surface area contributed by atoms with Crippen molar-refractivity contribution in [1.29, 1.82) is 0 Å². The van der Waals surface area contributed by atoms with E-state index in [4.69, 9.17) is 0 Å². The van der Waals surface area contributed by atoms with Crippen molar-refractivity contribution in [1.82, 2.24) is 20.1 Å². The van der Waals surface area contributed by atoms with Crippen molar-refractivity contribution >= 4 is 11.8 Å². The first kappa shape index (κ1) is 16.9. The van der Waals surface area contributed by atoms with Gasteiger partial charge in [0.25, 0.3) is 5.92 Å². The second kappa shape index (κ2) is 6.88. The maximum atomic E-state index is 13.1. The van der Waals surface area contributed by atoms with E-state index in [9.17, 15) is 13.6 Å². The lowest BCUT2D eigenvalue weighted by atomic mass is 10.2. The van der Waals surface area contributed by atoms with Crippen molar-refractivity contribution in [2.24, 2.45) is 0 Å². The molecular weight excluding hydrogens is 316 g/mol. The van der Waals surface area contributed by atoms with E-state index >= 15 is 0 Å². The number of likely N-dealkylation sites (tertiary alicyclic amines) is 1. The second-order valence-electron chi connectivity index (χ2n) is 6.50. The van der Waals surface area contributed by atoms with Crippen molar-refractivity contribution in [3.05, 3.63) is 23.9 Å². The Morgan fingerprint density at radius 3 is 2.58 bits per heavy atom. The first-order valence-corrected chi connectivity index (χ1v) is 8.22. The van der Waals surface area contributed by atoms with Gasteiger partial charge in [0.1, 0.15) is 5.82 Å². The first-order chi connectivity index (χ1) is 11.4. The number of urea groups is 1. The molecule has 2 fully saturated rings.